The Balaban J connectivity index is 0.00000338. The molecule has 1 fully saturated rings. The minimum Gasteiger partial charge on any atom is -0.492 e. The summed E-state index contributed by atoms with van der Waals surface area (Å²) in [6, 6.07) is 7.41. The van der Waals surface area contributed by atoms with Crippen molar-refractivity contribution >= 4 is 41.5 Å². The first kappa shape index (κ1) is 23.3. The summed E-state index contributed by atoms with van der Waals surface area (Å²) < 4.78 is 16.9. The van der Waals surface area contributed by atoms with Crippen molar-refractivity contribution in [1.82, 2.24) is 10.2 Å². The third-order valence-corrected chi connectivity index (χ3v) is 4.71. The number of methoxy groups -OCH3 is 1. The Hall–Kier alpha value is -0.770. The zero-order valence-corrected chi connectivity index (χ0v) is 18.8. The first-order valence-corrected chi connectivity index (χ1v) is 8.89. The third-order valence-electron chi connectivity index (χ3n) is 4.47. The number of hydrogen-bond donors (Lipinski definition) is 1. The van der Waals surface area contributed by atoms with Crippen LogP contribution in [-0.4, -0.2) is 70.6 Å². The molecule has 0 atom stereocenters. The number of halogens is 2. The number of hydrogen-bond acceptors (Lipinski definition) is 4. The summed E-state index contributed by atoms with van der Waals surface area (Å²) in [6.07, 6.45) is 1.77. The van der Waals surface area contributed by atoms with E-state index in [4.69, 9.17) is 25.8 Å². The second kappa shape index (κ2) is 11.8. The van der Waals surface area contributed by atoms with E-state index in [1.54, 1.807) is 14.2 Å². The molecule has 8 heteroatoms. The highest BCUT2D eigenvalue weighted by molar-refractivity contribution is 14.0. The largest absolute Gasteiger partial charge is 0.492 e. The summed E-state index contributed by atoms with van der Waals surface area (Å²) in [4.78, 5) is 6.38. The molecule has 1 heterocycles. The minimum absolute atomic E-state index is 0. The summed E-state index contributed by atoms with van der Waals surface area (Å²) in [7, 11) is 5.53. The highest BCUT2D eigenvalue weighted by Crippen LogP contribution is 2.23. The molecule has 1 aliphatic heterocycles. The molecule has 148 valence electrons. The van der Waals surface area contributed by atoms with Crippen molar-refractivity contribution < 1.29 is 14.2 Å². The van der Waals surface area contributed by atoms with Gasteiger partial charge in [-0.1, -0.05) is 17.7 Å². The second-order valence-corrected chi connectivity index (χ2v) is 6.56. The van der Waals surface area contributed by atoms with Gasteiger partial charge in [0.15, 0.2) is 5.96 Å². The number of nitrogens with zero attached hydrogens (tertiary/aromatic N) is 2. The van der Waals surface area contributed by atoms with Gasteiger partial charge in [0.2, 0.25) is 0 Å². The van der Waals surface area contributed by atoms with E-state index in [-0.39, 0.29) is 29.6 Å². The van der Waals surface area contributed by atoms with E-state index in [0.717, 1.165) is 37.8 Å². The van der Waals surface area contributed by atoms with E-state index < -0.39 is 0 Å². The maximum atomic E-state index is 5.96. The van der Waals surface area contributed by atoms with Crippen LogP contribution in [0.5, 0.6) is 5.75 Å². The van der Waals surface area contributed by atoms with Crippen molar-refractivity contribution in [3.63, 3.8) is 0 Å². The summed E-state index contributed by atoms with van der Waals surface area (Å²) in [5.74, 6) is 1.59. The summed E-state index contributed by atoms with van der Waals surface area (Å²) >= 11 is 5.96. The number of aliphatic imine (C=N–C) groups is 1. The van der Waals surface area contributed by atoms with Crippen molar-refractivity contribution in [2.45, 2.75) is 18.4 Å². The lowest BCUT2D eigenvalue weighted by molar-refractivity contribution is -0.0857. The van der Waals surface area contributed by atoms with Gasteiger partial charge >= 0.3 is 0 Å². The lowest BCUT2D eigenvalue weighted by Gasteiger charge is -2.37. The average molecular weight is 498 g/mol. The van der Waals surface area contributed by atoms with Crippen LogP contribution < -0.4 is 10.1 Å². The molecule has 0 unspecified atom stereocenters. The highest BCUT2D eigenvalue weighted by atomic mass is 127. The van der Waals surface area contributed by atoms with Gasteiger partial charge < -0.3 is 24.4 Å². The van der Waals surface area contributed by atoms with E-state index in [1.165, 1.54) is 0 Å². The molecule has 0 saturated carbocycles. The quantitative estimate of drug-likeness (QED) is 0.357. The third kappa shape index (κ3) is 7.09. The molecule has 1 saturated heterocycles. The van der Waals surface area contributed by atoms with Gasteiger partial charge in [0.1, 0.15) is 12.4 Å². The van der Waals surface area contributed by atoms with Gasteiger partial charge in [-0.25, -0.2) is 0 Å². The van der Waals surface area contributed by atoms with Crippen LogP contribution in [0.2, 0.25) is 5.02 Å². The Bertz CT molecular complexity index is 568. The molecule has 1 N–H and O–H groups in total. The molecule has 0 bridgehead atoms. The first-order chi connectivity index (χ1) is 12.1. The smallest absolute Gasteiger partial charge is 0.193 e. The Labute approximate surface area is 178 Å². The lowest BCUT2D eigenvalue weighted by Crippen LogP contribution is -2.51. The fourth-order valence-corrected chi connectivity index (χ4v) is 2.96. The zero-order chi connectivity index (χ0) is 18.1. The molecule has 0 aromatic heterocycles. The Morgan fingerprint density at radius 2 is 2.12 bits per heavy atom. The SMILES string of the molecule is CN=C(NCC1(OC)CCOCC1)N(C)CCOc1cccc(Cl)c1.I. The van der Waals surface area contributed by atoms with Crippen LogP contribution in [0.25, 0.3) is 0 Å². The Morgan fingerprint density at radius 1 is 1.38 bits per heavy atom. The fourth-order valence-electron chi connectivity index (χ4n) is 2.78. The standard InChI is InChI=1S/C18H28ClN3O3.HI/c1-20-17(21-14-18(23-3)7-10-24-11-8-18)22(2)9-12-25-16-6-4-5-15(19)13-16;/h4-6,13H,7-12,14H2,1-3H3,(H,20,21);1H. The molecule has 1 aromatic rings. The summed E-state index contributed by atoms with van der Waals surface area (Å²) in [6.45, 7) is 3.42. The van der Waals surface area contributed by atoms with E-state index in [1.807, 2.05) is 36.2 Å². The first-order valence-electron chi connectivity index (χ1n) is 8.51. The van der Waals surface area contributed by atoms with Gasteiger partial charge in [0, 0.05) is 58.8 Å². The van der Waals surface area contributed by atoms with E-state index in [0.29, 0.717) is 24.7 Å². The predicted molar refractivity (Wildman–Crippen MR) is 116 cm³/mol. The van der Waals surface area contributed by atoms with Gasteiger partial charge in [-0.2, -0.15) is 0 Å². The Morgan fingerprint density at radius 3 is 2.73 bits per heavy atom. The lowest BCUT2D eigenvalue weighted by atomic mass is 9.94. The van der Waals surface area contributed by atoms with Crippen molar-refractivity contribution in [2.24, 2.45) is 4.99 Å². The van der Waals surface area contributed by atoms with Gasteiger partial charge in [-0.05, 0) is 18.2 Å². The van der Waals surface area contributed by atoms with Crippen LogP contribution in [0, 0.1) is 0 Å². The highest BCUT2D eigenvalue weighted by Gasteiger charge is 2.32. The van der Waals surface area contributed by atoms with Gasteiger partial charge in [0.25, 0.3) is 0 Å². The molecular formula is C18H29ClIN3O3. The van der Waals surface area contributed by atoms with Crippen molar-refractivity contribution in [1.29, 1.82) is 0 Å². The van der Waals surface area contributed by atoms with Crippen LogP contribution in [0.1, 0.15) is 12.8 Å². The van der Waals surface area contributed by atoms with E-state index in [2.05, 4.69) is 10.3 Å². The number of rotatable bonds is 7. The molecule has 0 spiro atoms. The molecule has 1 aromatic carbocycles. The molecule has 26 heavy (non-hydrogen) atoms. The summed E-state index contributed by atoms with van der Waals surface area (Å²) in [5.41, 5.74) is -0.188. The molecule has 0 aliphatic carbocycles. The van der Waals surface area contributed by atoms with Crippen LogP contribution >= 0.6 is 35.6 Å². The molecule has 0 amide bonds. The molecule has 6 nitrogen and oxygen atoms in total. The molecule has 1 aliphatic rings. The number of nitrogens with one attached hydrogen (secondary N) is 1. The van der Waals surface area contributed by atoms with Crippen LogP contribution in [0.4, 0.5) is 0 Å². The summed E-state index contributed by atoms with van der Waals surface area (Å²) in [5, 5.41) is 4.08. The number of ether oxygens (including phenoxy) is 3. The van der Waals surface area contributed by atoms with Crippen LogP contribution in [0.3, 0.4) is 0 Å². The predicted octanol–water partition coefficient (Wildman–Crippen LogP) is 3.04. The molecule has 0 radical (unpaired) electrons. The minimum atomic E-state index is -0.188. The maximum absolute atomic E-state index is 5.96. The normalized spacial score (nSPS) is 16.5. The zero-order valence-electron chi connectivity index (χ0n) is 15.7. The van der Waals surface area contributed by atoms with Gasteiger partial charge in [0.05, 0.1) is 12.1 Å². The van der Waals surface area contributed by atoms with E-state index in [9.17, 15) is 0 Å². The van der Waals surface area contributed by atoms with Crippen LogP contribution in [0.15, 0.2) is 29.3 Å². The average Bonchev–Trinajstić information content (AvgIpc) is 2.63. The molecular weight excluding hydrogens is 469 g/mol. The Kier molecular flexibility index (Phi) is 10.6. The topological polar surface area (TPSA) is 55.3 Å². The van der Waals surface area contributed by atoms with Crippen molar-refractivity contribution in [3.05, 3.63) is 29.3 Å². The number of benzene rings is 1. The van der Waals surface area contributed by atoms with Crippen LogP contribution in [-0.2, 0) is 9.47 Å². The molecule has 2 rings (SSSR count). The second-order valence-electron chi connectivity index (χ2n) is 6.13. The van der Waals surface area contributed by atoms with Crippen molar-refractivity contribution in [3.8, 4) is 5.75 Å². The number of guanidine groups is 1. The van der Waals surface area contributed by atoms with Crippen molar-refractivity contribution in [2.75, 3.05) is 54.1 Å². The van der Waals surface area contributed by atoms with Gasteiger partial charge in [-0.3, -0.25) is 4.99 Å². The number of likely N-dealkylation sites (N-methyl/N-ethyl adjacent to an activating group) is 1. The maximum Gasteiger partial charge on any atom is 0.193 e. The van der Waals surface area contributed by atoms with E-state index >= 15 is 0 Å². The monoisotopic (exact) mass is 497 g/mol. The fraction of sp³-hybridized carbons (Fsp3) is 0.611. The van der Waals surface area contributed by atoms with Gasteiger partial charge in [-0.15, -0.1) is 24.0 Å².